The molecule has 1 nitrogen and oxygen atoms in total. The molecule has 1 aromatic heterocycles. The van der Waals surface area contributed by atoms with Crippen LogP contribution in [0.25, 0.3) is 38.5 Å². The minimum Gasteiger partial charge on any atom is -0.247 e. The molecule has 4 aromatic rings. The molecule has 0 amide bonds. The van der Waals surface area contributed by atoms with Crippen molar-refractivity contribution in [3.8, 4) is 11.3 Å². The van der Waals surface area contributed by atoms with E-state index in [9.17, 15) is 0 Å². The Balaban J connectivity index is 1.72. The lowest BCUT2D eigenvalue weighted by molar-refractivity contribution is 0.292. The molecule has 0 fully saturated rings. The maximum Gasteiger partial charge on any atom is 0.0751 e. The van der Waals surface area contributed by atoms with Crippen LogP contribution >= 0.6 is 0 Å². The van der Waals surface area contributed by atoms with Gasteiger partial charge in [0, 0.05) is 10.9 Å². The first-order valence-corrected chi connectivity index (χ1v) is 13.6. The number of benzene rings is 3. The van der Waals surface area contributed by atoms with E-state index in [0.717, 1.165) is 11.9 Å². The van der Waals surface area contributed by atoms with Crippen LogP contribution in [-0.4, -0.2) is 4.98 Å². The Labute approximate surface area is 216 Å². The van der Waals surface area contributed by atoms with E-state index in [2.05, 4.69) is 110 Å². The summed E-state index contributed by atoms with van der Waals surface area (Å²) in [4.78, 5) is 5.41. The average molecular weight is 474 g/mol. The largest absolute Gasteiger partial charge is 0.247 e. The van der Waals surface area contributed by atoms with Crippen molar-refractivity contribution in [2.75, 3.05) is 0 Å². The Bertz CT molecular complexity index is 1590. The second-order valence-corrected chi connectivity index (χ2v) is 13.6. The standard InChI is InChI=1S/C35H39N/c1-21-13-14-29-25(17-21)30-26(20-28-31(30)35(7,8)16-15-34(28,5)6)32(36-29)23-18-22-11-9-10-12-24(22)27(19-23)33(2,3)4/h9-14,17-19H,15-16,20H2,1-8H3. The van der Waals surface area contributed by atoms with Gasteiger partial charge < -0.3 is 0 Å². The number of pyridine rings is 1. The van der Waals surface area contributed by atoms with Gasteiger partial charge >= 0.3 is 0 Å². The van der Waals surface area contributed by atoms with E-state index in [1.165, 1.54) is 62.5 Å². The number of aromatic nitrogens is 1. The molecule has 0 saturated carbocycles. The third-order valence-electron chi connectivity index (χ3n) is 8.96. The lowest BCUT2D eigenvalue weighted by Crippen LogP contribution is -2.28. The van der Waals surface area contributed by atoms with E-state index in [-0.39, 0.29) is 16.2 Å². The molecule has 0 N–H and O–H groups in total. The Kier molecular flexibility index (Phi) is 4.92. The first-order chi connectivity index (χ1) is 16.9. The molecule has 1 heterocycles. The summed E-state index contributed by atoms with van der Waals surface area (Å²) in [5.74, 6) is 0. The van der Waals surface area contributed by atoms with Crippen LogP contribution in [0.1, 0.15) is 83.6 Å². The number of fused-ring (bicyclic) bond motifs is 5. The lowest BCUT2D eigenvalue weighted by atomic mass is 9.63. The van der Waals surface area contributed by atoms with Gasteiger partial charge in [0.1, 0.15) is 0 Å². The Morgan fingerprint density at radius 2 is 1.53 bits per heavy atom. The second-order valence-electron chi connectivity index (χ2n) is 13.6. The molecule has 0 spiro atoms. The number of allylic oxidation sites excluding steroid dienone is 2. The van der Waals surface area contributed by atoms with E-state index < -0.39 is 0 Å². The van der Waals surface area contributed by atoms with Gasteiger partial charge in [-0.1, -0.05) is 89.9 Å². The summed E-state index contributed by atoms with van der Waals surface area (Å²) in [6.45, 7) is 19.0. The molecule has 2 aliphatic rings. The fourth-order valence-corrected chi connectivity index (χ4v) is 6.82. The number of nitrogens with zero attached hydrogens (tertiary/aromatic N) is 1. The predicted octanol–water partition coefficient (Wildman–Crippen LogP) is 9.82. The molecule has 0 aliphatic heterocycles. The quantitative estimate of drug-likeness (QED) is 0.268. The van der Waals surface area contributed by atoms with Gasteiger partial charge in [0.2, 0.25) is 0 Å². The number of hydrogen-bond donors (Lipinski definition) is 0. The molecule has 0 radical (unpaired) electrons. The van der Waals surface area contributed by atoms with E-state index in [0.29, 0.717) is 0 Å². The minimum absolute atomic E-state index is 0.0498. The van der Waals surface area contributed by atoms with Crippen molar-refractivity contribution >= 4 is 27.2 Å². The fraction of sp³-hybridized carbons (Fsp3) is 0.400. The van der Waals surface area contributed by atoms with Gasteiger partial charge in [-0.3, -0.25) is 0 Å². The van der Waals surface area contributed by atoms with Gasteiger partial charge in [0.05, 0.1) is 11.2 Å². The maximum atomic E-state index is 5.41. The summed E-state index contributed by atoms with van der Waals surface area (Å²) < 4.78 is 0. The van der Waals surface area contributed by atoms with Gasteiger partial charge in [-0.2, -0.15) is 0 Å². The third-order valence-corrected chi connectivity index (χ3v) is 8.96. The topological polar surface area (TPSA) is 12.9 Å². The van der Waals surface area contributed by atoms with E-state index >= 15 is 0 Å². The zero-order valence-corrected chi connectivity index (χ0v) is 23.3. The van der Waals surface area contributed by atoms with Crippen LogP contribution in [0.5, 0.6) is 0 Å². The predicted molar refractivity (Wildman–Crippen MR) is 156 cm³/mol. The summed E-state index contributed by atoms with van der Waals surface area (Å²) >= 11 is 0. The zero-order valence-electron chi connectivity index (χ0n) is 23.3. The smallest absolute Gasteiger partial charge is 0.0751 e. The summed E-state index contributed by atoms with van der Waals surface area (Å²) in [6, 6.07) is 20.5. The second kappa shape index (κ2) is 7.54. The number of rotatable bonds is 1. The van der Waals surface area contributed by atoms with Crippen LogP contribution in [0.3, 0.4) is 0 Å². The summed E-state index contributed by atoms with van der Waals surface area (Å²) in [5.41, 5.74) is 12.9. The molecule has 0 bridgehead atoms. The molecule has 1 heteroatoms. The van der Waals surface area contributed by atoms with Crippen molar-refractivity contribution in [1.82, 2.24) is 4.98 Å². The van der Waals surface area contributed by atoms with Crippen LogP contribution in [0.2, 0.25) is 0 Å². The summed E-state index contributed by atoms with van der Waals surface area (Å²) in [6.07, 6.45) is 3.50. The van der Waals surface area contributed by atoms with Gasteiger partial charge in [-0.15, -0.1) is 0 Å². The highest BCUT2D eigenvalue weighted by Gasteiger charge is 2.45. The van der Waals surface area contributed by atoms with Crippen molar-refractivity contribution in [3.63, 3.8) is 0 Å². The van der Waals surface area contributed by atoms with Crippen LogP contribution < -0.4 is 0 Å². The molecule has 0 atom stereocenters. The van der Waals surface area contributed by atoms with Gasteiger partial charge in [0.15, 0.2) is 0 Å². The zero-order chi connectivity index (χ0) is 25.6. The molecular formula is C35H39N. The van der Waals surface area contributed by atoms with Gasteiger partial charge in [-0.25, -0.2) is 4.98 Å². The molecule has 184 valence electrons. The first-order valence-electron chi connectivity index (χ1n) is 13.6. The molecule has 3 aromatic carbocycles. The molecule has 2 aliphatic carbocycles. The Morgan fingerprint density at radius 1 is 0.806 bits per heavy atom. The molecule has 36 heavy (non-hydrogen) atoms. The van der Waals surface area contributed by atoms with Crippen LogP contribution in [0.4, 0.5) is 0 Å². The fourth-order valence-electron chi connectivity index (χ4n) is 6.82. The van der Waals surface area contributed by atoms with Crippen molar-refractivity contribution in [3.05, 3.63) is 82.4 Å². The first kappa shape index (κ1) is 23.5. The minimum atomic E-state index is 0.0498. The molecular weight excluding hydrogens is 434 g/mol. The van der Waals surface area contributed by atoms with E-state index in [1.807, 2.05) is 0 Å². The normalized spacial score (nSPS) is 18.6. The van der Waals surface area contributed by atoms with E-state index in [4.69, 9.17) is 4.98 Å². The molecule has 6 rings (SSSR count). The van der Waals surface area contributed by atoms with Crippen LogP contribution in [-0.2, 0) is 11.8 Å². The van der Waals surface area contributed by atoms with Crippen molar-refractivity contribution in [2.24, 2.45) is 10.8 Å². The number of aryl methyl sites for hydroxylation is 1. The van der Waals surface area contributed by atoms with Crippen molar-refractivity contribution < 1.29 is 0 Å². The monoisotopic (exact) mass is 473 g/mol. The maximum absolute atomic E-state index is 5.41. The van der Waals surface area contributed by atoms with Gasteiger partial charge in [0.25, 0.3) is 0 Å². The number of hydrogen-bond acceptors (Lipinski definition) is 1. The molecule has 0 saturated heterocycles. The van der Waals surface area contributed by atoms with Crippen molar-refractivity contribution in [1.29, 1.82) is 0 Å². The third kappa shape index (κ3) is 3.46. The van der Waals surface area contributed by atoms with Crippen LogP contribution in [0, 0.1) is 17.8 Å². The SMILES string of the molecule is Cc1ccc2nc(-c3cc(C(C)(C)C)c4ccccc4c3)c3c(c2c1)C1=C(C3)C(C)(C)CCC1(C)C. The Morgan fingerprint density at radius 3 is 2.28 bits per heavy atom. The highest BCUT2D eigenvalue weighted by atomic mass is 14.7. The van der Waals surface area contributed by atoms with Gasteiger partial charge in [-0.05, 0) is 99.7 Å². The average Bonchev–Trinajstić information content (AvgIpc) is 3.24. The molecule has 0 unspecified atom stereocenters. The lowest BCUT2D eigenvalue weighted by Gasteiger charge is -2.41. The van der Waals surface area contributed by atoms with E-state index in [1.54, 1.807) is 11.1 Å². The van der Waals surface area contributed by atoms with Crippen molar-refractivity contribution in [2.45, 2.75) is 80.1 Å². The summed E-state index contributed by atoms with van der Waals surface area (Å²) in [5, 5.41) is 3.98. The highest BCUT2D eigenvalue weighted by Crippen LogP contribution is 2.59. The highest BCUT2D eigenvalue weighted by molar-refractivity contribution is 6.02. The summed E-state index contributed by atoms with van der Waals surface area (Å²) in [7, 11) is 0. The Hall–Kier alpha value is -2.93. The van der Waals surface area contributed by atoms with Crippen LogP contribution in [0.15, 0.2) is 60.2 Å².